The monoisotopic (exact) mass is 314 g/mol. The number of rotatable bonds is 8. The minimum Gasteiger partial charge on any atom is -0.384 e. The summed E-state index contributed by atoms with van der Waals surface area (Å²) in [5.41, 5.74) is 6.95. The van der Waals surface area contributed by atoms with E-state index >= 15 is 0 Å². The molecule has 1 amide bonds. The van der Waals surface area contributed by atoms with Crippen LogP contribution in [-0.2, 0) is 16.4 Å². The first-order valence-corrected chi connectivity index (χ1v) is 8.70. The lowest BCUT2D eigenvalue weighted by Crippen LogP contribution is -2.29. The predicted octanol–water partition coefficient (Wildman–Crippen LogP) is 0.285. The quantitative estimate of drug-likeness (QED) is 0.597. The number of hydrogen-bond donors (Lipinski definition) is 3. The lowest BCUT2D eigenvalue weighted by molar-refractivity contribution is 0.0953. The molecule has 0 aliphatic heterocycles. The maximum absolute atomic E-state index is 12.0. The van der Waals surface area contributed by atoms with E-state index in [1.807, 2.05) is 6.92 Å². The molecule has 0 aliphatic rings. The van der Waals surface area contributed by atoms with Crippen molar-refractivity contribution in [1.82, 2.24) is 15.0 Å². The fourth-order valence-corrected chi connectivity index (χ4v) is 2.29. The largest absolute Gasteiger partial charge is 0.384 e. The molecule has 0 atom stereocenters. The highest BCUT2D eigenvalue weighted by atomic mass is 32.2. The molecular weight excluding hydrogens is 292 g/mol. The molecule has 1 aromatic heterocycles. The number of carbonyl (C=O) groups is 1. The second-order valence-corrected chi connectivity index (χ2v) is 6.63. The Kier molecular flexibility index (Phi) is 6.57. The third-order valence-corrected chi connectivity index (χ3v) is 3.40. The van der Waals surface area contributed by atoms with Crippen LogP contribution >= 0.6 is 0 Å². The van der Waals surface area contributed by atoms with E-state index in [2.05, 4.69) is 15.0 Å². The van der Waals surface area contributed by atoms with Gasteiger partial charge in [-0.25, -0.2) is 18.1 Å². The van der Waals surface area contributed by atoms with Crippen molar-refractivity contribution in [3.05, 3.63) is 23.4 Å². The number of nitrogens with one attached hydrogen (secondary N) is 2. The Labute approximate surface area is 125 Å². The summed E-state index contributed by atoms with van der Waals surface area (Å²) >= 11 is 0. The Morgan fingerprint density at radius 1 is 1.33 bits per heavy atom. The van der Waals surface area contributed by atoms with Crippen molar-refractivity contribution >= 4 is 21.7 Å². The van der Waals surface area contributed by atoms with E-state index in [4.69, 9.17) is 5.73 Å². The van der Waals surface area contributed by atoms with Gasteiger partial charge in [0.1, 0.15) is 5.82 Å². The number of amides is 1. The Hall–Kier alpha value is -1.67. The van der Waals surface area contributed by atoms with Crippen LogP contribution in [0.25, 0.3) is 0 Å². The van der Waals surface area contributed by atoms with Crippen molar-refractivity contribution in [2.45, 2.75) is 26.2 Å². The van der Waals surface area contributed by atoms with Crippen molar-refractivity contribution in [3.8, 4) is 0 Å². The zero-order chi connectivity index (χ0) is 15.9. The maximum Gasteiger partial charge on any atom is 0.251 e. The van der Waals surface area contributed by atoms with Crippen molar-refractivity contribution in [2.75, 3.05) is 25.1 Å². The fourth-order valence-electron chi connectivity index (χ4n) is 1.78. The van der Waals surface area contributed by atoms with Gasteiger partial charge in [-0.3, -0.25) is 4.79 Å². The second-order valence-electron chi connectivity index (χ2n) is 4.80. The van der Waals surface area contributed by atoms with Crippen LogP contribution < -0.4 is 15.8 Å². The van der Waals surface area contributed by atoms with Gasteiger partial charge in [-0.05, 0) is 25.0 Å². The van der Waals surface area contributed by atoms with E-state index in [9.17, 15) is 13.2 Å². The number of hydrogen-bond acceptors (Lipinski definition) is 5. The van der Waals surface area contributed by atoms with Crippen LogP contribution in [0.3, 0.4) is 0 Å². The summed E-state index contributed by atoms with van der Waals surface area (Å²) < 4.78 is 24.1. The smallest absolute Gasteiger partial charge is 0.251 e. The van der Waals surface area contributed by atoms with Crippen LogP contribution in [0.4, 0.5) is 5.82 Å². The number of aromatic nitrogens is 1. The molecule has 0 aliphatic carbocycles. The van der Waals surface area contributed by atoms with E-state index in [0.29, 0.717) is 30.9 Å². The lowest BCUT2D eigenvalue weighted by atomic mass is 10.1. The Morgan fingerprint density at radius 3 is 2.67 bits per heavy atom. The van der Waals surface area contributed by atoms with Gasteiger partial charge < -0.3 is 11.1 Å². The summed E-state index contributed by atoms with van der Waals surface area (Å²) in [7, 11) is -3.18. The van der Waals surface area contributed by atoms with E-state index in [0.717, 1.165) is 24.8 Å². The highest BCUT2D eigenvalue weighted by Gasteiger charge is 2.08. The summed E-state index contributed by atoms with van der Waals surface area (Å²) in [4.78, 5) is 16.1. The molecule has 1 rings (SSSR count). The topological polar surface area (TPSA) is 114 Å². The molecule has 0 fully saturated rings. The molecule has 0 saturated carbocycles. The SMILES string of the molecule is CCCc1cc(C(=O)NCCCNS(C)(=O)=O)cc(N)n1. The van der Waals surface area contributed by atoms with Crippen molar-refractivity contribution in [2.24, 2.45) is 0 Å². The van der Waals surface area contributed by atoms with Gasteiger partial charge in [0, 0.05) is 24.3 Å². The number of carbonyl (C=O) groups excluding carboxylic acids is 1. The van der Waals surface area contributed by atoms with Crippen LogP contribution in [-0.4, -0.2) is 38.7 Å². The minimum absolute atomic E-state index is 0.235. The average Bonchev–Trinajstić information content (AvgIpc) is 2.36. The Bertz CT molecular complexity index is 587. The molecule has 0 unspecified atom stereocenters. The summed E-state index contributed by atoms with van der Waals surface area (Å²) in [5, 5.41) is 2.72. The number of anilines is 1. The van der Waals surface area contributed by atoms with Crippen LogP contribution in [0.1, 0.15) is 35.8 Å². The van der Waals surface area contributed by atoms with E-state index < -0.39 is 10.0 Å². The molecule has 118 valence electrons. The second kappa shape index (κ2) is 7.94. The summed E-state index contributed by atoms with van der Waals surface area (Å²) in [6.07, 6.45) is 3.31. The van der Waals surface area contributed by atoms with Gasteiger partial charge in [0.25, 0.3) is 5.91 Å². The first-order valence-electron chi connectivity index (χ1n) is 6.81. The molecule has 1 heterocycles. The van der Waals surface area contributed by atoms with E-state index in [1.165, 1.54) is 6.07 Å². The highest BCUT2D eigenvalue weighted by molar-refractivity contribution is 7.88. The van der Waals surface area contributed by atoms with Gasteiger partial charge in [-0.1, -0.05) is 13.3 Å². The van der Waals surface area contributed by atoms with Crippen LogP contribution in [0, 0.1) is 0 Å². The van der Waals surface area contributed by atoms with Gasteiger partial charge >= 0.3 is 0 Å². The first-order chi connectivity index (χ1) is 9.81. The number of pyridine rings is 1. The number of nitrogen functional groups attached to an aromatic ring is 1. The standard InChI is InChI=1S/C13H22N4O3S/c1-3-5-11-8-10(9-12(14)17-11)13(18)15-6-4-7-16-21(2,19)20/h8-9,16H,3-7H2,1-2H3,(H2,14,17)(H,15,18). The van der Waals surface area contributed by atoms with Gasteiger partial charge in [0.05, 0.1) is 6.26 Å². The maximum atomic E-state index is 12.0. The summed E-state index contributed by atoms with van der Waals surface area (Å²) in [6, 6.07) is 3.26. The molecule has 7 nitrogen and oxygen atoms in total. The van der Waals surface area contributed by atoms with E-state index in [-0.39, 0.29) is 5.91 Å². The van der Waals surface area contributed by atoms with E-state index in [1.54, 1.807) is 6.07 Å². The molecule has 4 N–H and O–H groups in total. The predicted molar refractivity (Wildman–Crippen MR) is 82.4 cm³/mol. The molecule has 1 aromatic rings. The fraction of sp³-hybridized carbons (Fsp3) is 0.538. The first kappa shape index (κ1) is 17.4. The Balaban J connectivity index is 2.48. The average molecular weight is 314 g/mol. The third-order valence-electron chi connectivity index (χ3n) is 2.67. The van der Waals surface area contributed by atoms with Crippen LogP contribution in [0.15, 0.2) is 12.1 Å². The zero-order valence-electron chi connectivity index (χ0n) is 12.3. The van der Waals surface area contributed by atoms with Crippen LogP contribution in [0.2, 0.25) is 0 Å². The molecule has 8 heteroatoms. The van der Waals surface area contributed by atoms with Gasteiger partial charge in [0.2, 0.25) is 10.0 Å². The van der Waals surface area contributed by atoms with Gasteiger partial charge in [-0.2, -0.15) is 0 Å². The minimum atomic E-state index is -3.18. The number of nitrogens with two attached hydrogens (primary N) is 1. The number of sulfonamides is 1. The number of nitrogens with zero attached hydrogens (tertiary/aromatic N) is 1. The molecule has 0 saturated heterocycles. The molecule has 0 spiro atoms. The van der Waals surface area contributed by atoms with Crippen molar-refractivity contribution in [1.29, 1.82) is 0 Å². The summed E-state index contributed by atoms with van der Waals surface area (Å²) in [6.45, 7) is 2.70. The molecule has 0 aromatic carbocycles. The van der Waals surface area contributed by atoms with Gasteiger partial charge in [0.15, 0.2) is 0 Å². The molecule has 0 bridgehead atoms. The summed E-state index contributed by atoms with van der Waals surface area (Å²) in [5.74, 6) is 0.0886. The molecular formula is C13H22N4O3S. The lowest BCUT2D eigenvalue weighted by Gasteiger charge is -2.08. The molecule has 21 heavy (non-hydrogen) atoms. The van der Waals surface area contributed by atoms with Gasteiger partial charge in [-0.15, -0.1) is 0 Å². The normalized spacial score (nSPS) is 11.3. The highest BCUT2D eigenvalue weighted by Crippen LogP contribution is 2.09. The zero-order valence-corrected chi connectivity index (χ0v) is 13.2. The third kappa shape index (κ3) is 7.05. The van der Waals surface area contributed by atoms with Crippen molar-refractivity contribution < 1.29 is 13.2 Å². The van der Waals surface area contributed by atoms with Crippen LogP contribution in [0.5, 0.6) is 0 Å². The van der Waals surface area contributed by atoms with Crippen molar-refractivity contribution in [3.63, 3.8) is 0 Å². The number of aryl methyl sites for hydroxylation is 1. The Morgan fingerprint density at radius 2 is 2.05 bits per heavy atom. The molecule has 0 radical (unpaired) electrons.